The predicted octanol–water partition coefficient (Wildman–Crippen LogP) is 1.92. The highest BCUT2D eigenvalue weighted by molar-refractivity contribution is 5.85. The van der Waals surface area contributed by atoms with Gasteiger partial charge < -0.3 is 34.6 Å². The van der Waals surface area contributed by atoms with Gasteiger partial charge in [0, 0.05) is 11.1 Å². The van der Waals surface area contributed by atoms with Crippen molar-refractivity contribution in [1.82, 2.24) is 0 Å². The van der Waals surface area contributed by atoms with Crippen LogP contribution in [-0.4, -0.2) is 26.7 Å². The van der Waals surface area contributed by atoms with Gasteiger partial charge in [-0.3, -0.25) is 4.79 Å². The van der Waals surface area contributed by atoms with Crippen LogP contribution in [0.15, 0.2) is 6.07 Å². The molecule has 136 valence electrons. The zero-order chi connectivity index (χ0) is 18.6. The van der Waals surface area contributed by atoms with Gasteiger partial charge in [-0.1, -0.05) is 0 Å². The Morgan fingerprint density at radius 1 is 1.19 bits per heavy atom. The monoisotopic (exact) mass is 360 g/mol. The summed E-state index contributed by atoms with van der Waals surface area (Å²) in [5.74, 6) is -0.275. The van der Waals surface area contributed by atoms with Crippen molar-refractivity contribution in [2.75, 3.05) is 0 Å². The molecule has 4 rings (SSSR count). The van der Waals surface area contributed by atoms with E-state index < -0.39 is 12.9 Å². The van der Waals surface area contributed by atoms with Gasteiger partial charge in [0.15, 0.2) is 24.1 Å². The fourth-order valence-electron chi connectivity index (χ4n) is 3.35. The number of phenols is 2. The van der Waals surface area contributed by atoms with E-state index in [9.17, 15) is 25.2 Å². The molecule has 0 radical (unpaired) electrons. The molecule has 0 saturated heterocycles. The van der Waals surface area contributed by atoms with E-state index in [4.69, 9.17) is 14.2 Å². The molecule has 0 bridgehead atoms. The van der Waals surface area contributed by atoms with E-state index in [1.807, 2.05) is 0 Å². The number of carbonyl (C=O) groups excluding carboxylic acids is 1. The van der Waals surface area contributed by atoms with Crippen LogP contribution in [0.25, 0.3) is 0 Å². The number of aryl methyl sites for hydroxylation is 1. The van der Waals surface area contributed by atoms with E-state index in [-0.39, 0.29) is 64.2 Å². The molecule has 2 aliphatic heterocycles. The Hall–Kier alpha value is -2.81. The predicted molar refractivity (Wildman–Crippen MR) is 86.4 cm³/mol. The number of carbonyl (C=O) groups is 1. The molecule has 0 spiro atoms. The zero-order valence-corrected chi connectivity index (χ0v) is 13.8. The SMILES string of the molecule is Cc1cc(O)c(C=O)c2c1COc1c(CO)c(O)c3c(c1O2)C(O)OC3. The average molecular weight is 360 g/mol. The number of aromatic hydroxyl groups is 2. The molecule has 0 saturated carbocycles. The van der Waals surface area contributed by atoms with Crippen LogP contribution >= 0.6 is 0 Å². The summed E-state index contributed by atoms with van der Waals surface area (Å²) in [4.78, 5) is 11.5. The number of aliphatic hydroxyl groups is 2. The third-order valence-electron chi connectivity index (χ3n) is 4.72. The maximum absolute atomic E-state index is 11.5. The number of ether oxygens (including phenoxy) is 3. The molecule has 0 amide bonds. The Kier molecular flexibility index (Phi) is 3.76. The van der Waals surface area contributed by atoms with Crippen molar-refractivity contribution in [2.45, 2.75) is 33.0 Å². The van der Waals surface area contributed by atoms with E-state index in [0.717, 1.165) is 0 Å². The zero-order valence-electron chi connectivity index (χ0n) is 13.8. The minimum absolute atomic E-state index is 0.0164. The molecule has 1 atom stereocenters. The molecule has 2 aromatic carbocycles. The van der Waals surface area contributed by atoms with Crippen molar-refractivity contribution in [3.8, 4) is 28.7 Å². The van der Waals surface area contributed by atoms with Crippen LogP contribution < -0.4 is 9.47 Å². The van der Waals surface area contributed by atoms with Crippen LogP contribution in [0, 0.1) is 6.92 Å². The van der Waals surface area contributed by atoms with Gasteiger partial charge in [-0.25, -0.2) is 0 Å². The van der Waals surface area contributed by atoms with Crippen LogP contribution in [0.1, 0.15) is 44.5 Å². The minimum atomic E-state index is -1.36. The van der Waals surface area contributed by atoms with Crippen molar-refractivity contribution in [2.24, 2.45) is 0 Å². The Balaban J connectivity index is 2.03. The van der Waals surface area contributed by atoms with Gasteiger partial charge in [-0.15, -0.1) is 0 Å². The largest absolute Gasteiger partial charge is 0.507 e. The molecule has 2 aliphatic rings. The summed E-state index contributed by atoms with van der Waals surface area (Å²) < 4.78 is 16.8. The first-order chi connectivity index (χ1) is 12.5. The molecule has 0 aromatic heterocycles. The molecule has 4 N–H and O–H groups in total. The summed E-state index contributed by atoms with van der Waals surface area (Å²) in [6.45, 7) is 1.11. The molecule has 0 aliphatic carbocycles. The lowest BCUT2D eigenvalue weighted by Crippen LogP contribution is -2.03. The highest BCUT2D eigenvalue weighted by Crippen LogP contribution is 2.53. The number of hydrogen-bond donors (Lipinski definition) is 4. The van der Waals surface area contributed by atoms with Crippen molar-refractivity contribution in [3.05, 3.63) is 39.4 Å². The smallest absolute Gasteiger partial charge is 0.185 e. The molecular weight excluding hydrogens is 344 g/mol. The van der Waals surface area contributed by atoms with E-state index >= 15 is 0 Å². The fourth-order valence-corrected chi connectivity index (χ4v) is 3.35. The lowest BCUT2D eigenvalue weighted by molar-refractivity contribution is -0.0925. The first-order valence-corrected chi connectivity index (χ1v) is 7.90. The van der Waals surface area contributed by atoms with Gasteiger partial charge >= 0.3 is 0 Å². The van der Waals surface area contributed by atoms with Gasteiger partial charge in [-0.2, -0.15) is 0 Å². The van der Waals surface area contributed by atoms with Crippen molar-refractivity contribution < 1.29 is 39.4 Å². The van der Waals surface area contributed by atoms with E-state index in [0.29, 0.717) is 17.4 Å². The summed E-state index contributed by atoms with van der Waals surface area (Å²) in [6.07, 6.45) is -0.889. The van der Waals surface area contributed by atoms with Crippen molar-refractivity contribution in [3.63, 3.8) is 0 Å². The second-order valence-electron chi connectivity index (χ2n) is 6.14. The van der Waals surface area contributed by atoms with Gasteiger partial charge in [0.1, 0.15) is 23.9 Å². The standard InChI is InChI=1S/C18H16O8/c1-7-2-12(21)8(3-19)15-10(7)5-24-16-9(4-20)14(22)11-6-25-18(23)13(11)17(16)26-15/h2-3,18,20-23H,4-6H2,1H3. The van der Waals surface area contributed by atoms with Gasteiger partial charge in [-0.05, 0) is 18.6 Å². The Labute approximate surface area is 147 Å². The van der Waals surface area contributed by atoms with Gasteiger partial charge in [0.25, 0.3) is 0 Å². The van der Waals surface area contributed by atoms with Gasteiger partial charge in [0.2, 0.25) is 0 Å². The van der Waals surface area contributed by atoms with Crippen molar-refractivity contribution >= 4 is 6.29 Å². The summed E-state index contributed by atoms with van der Waals surface area (Å²) in [5.41, 5.74) is 1.66. The Bertz CT molecular complexity index is 934. The molecule has 8 nitrogen and oxygen atoms in total. The van der Waals surface area contributed by atoms with E-state index in [2.05, 4.69) is 0 Å². The maximum Gasteiger partial charge on any atom is 0.185 e. The van der Waals surface area contributed by atoms with Gasteiger partial charge in [0.05, 0.1) is 29.9 Å². The maximum atomic E-state index is 11.5. The minimum Gasteiger partial charge on any atom is -0.507 e. The Morgan fingerprint density at radius 2 is 1.96 bits per heavy atom. The van der Waals surface area contributed by atoms with Crippen LogP contribution in [-0.2, 0) is 24.6 Å². The van der Waals surface area contributed by atoms with Crippen LogP contribution in [0.5, 0.6) is 28.7 Å². The third kappa shape index (κ3) is 2.16. The number of fused-ring (bicyclic) bond motifs is 4. The number of hydrogen-bond acceptors (Lipinski definition) is 8. The summed E-state index contributed by atoms with van der Waals surface area (Å²) in [6, 6.07) is 1.43. The summed E-state index contributed by atoms with van der Waals surface area (Å²) >= 11 is 0. The molecule has 2 aromatic rings. The first-order valence-electron chi connectivity index (χ1n) is 7.90. The molecule has 1 unspecified atom stereocenters. The molecule has 8 heteroatoms. The molecule has 0 fully saturated rings. The number of phenolic OH excluding ortho intramolecular Hbond substituents is 1. The molecule has 26 heavy (non-hydrogen) atoms. The highest BCUT2D eigenvalue weighted by atomic mass is 16.6. The quantitative estimate of drug-likeness (QED) is 0.599. The molecule has 2 heterocycles. The number of benzene rings is 2. The normalized spacial score (nSPS) is 17.4. The summed E-state index contributed by atoms with van der Waals surface area (Å²) in [7, 11) is 0. The average Bonchev–Trinajstić information content (AvgIpc) is 2.88. The second-order valence-corrected chi connectivity index (χ2v) is 6.14. The number of rotatable bonds is 2. The topological polar surface area (TPSA) is 126 Å². The number of aliphatic hydroxyl groups excluding tert-OH is 2. The first kappa shape index (κ1) is 16.6. The Morgan fingerprint density at radius 3 is 2.65 bits per heavy atom. The van der Waals surface area contributed by atoms with E-state index in [1.165, 1.54) is 6.07 Å². The molecular formula is C18H16O8. The lowest BCUT2D eigenvalue weighted by atomic mass is 10.0. The number of aldehydes is 1. The van der Waals surface area contributed by atoms with Crippen LogP contribution in [0.3, 0.4) is 0 Å². The highest BCUT2D eigenvalue weighted by Gasteiger charge is 2.37. The summed E-state index contributed by atoms with van der Waals surface area (Å²) in [5, 5.41) is 40.3. The van der Waals surface area contributed by atoms with Crippen molar-refractivity contribution in [1.29, 1.82) is 0 Å². The lowest BCUT2D eigenvalue weighted by Gasteiger charge is -2.18. The third-order valence-corrected chi connectivity index (χ3v) is 4.72. The van der Waals surface area contributed by atoms with Crippen LogP contribution in [0.4, 0.5) is 0 Å². The second kappa shape index (κ2) is 5.87. The van der Waals surface area contributed by atoms with Crippen LogP contribution in [0.2, 0.25) is 0 Å². The van der Waals surface area contributed by atoms with E-state index in [1.54, 1.807) is 6.92 Å². The fraction of sp³-hybridized carbons (Fsp3) is 0.278.